The number of terminal acetylenes is 1. The molecule has 39 heavy (non-hydrogen) atoms. The van der Waals surface area contributed by atoms with Crippen LogP contribution in [0.25, 0.3) is 0 Å². The monoisotopic (exact) mass is 538 g/mol. The molecule has 1 saturated carbocycles. The summed E-state index contributed by atoms with van der Waals surface area (Å²) in [4.78, 5) is 34.3. The largest absolute Gasteiger partial charge is 0.369 e. The molecule has 1 aromatic rings. The number of anilines is 1. The van der Waals surface area contributed by atoms with Gasteiger partial charge < -0.3 is 34.2 Å². The summed E-state index contributed by atoms with van der Waals surface area (Å²) in [5.74, 6) is 1.03. The Morgan fingerprint density at radius 3 is 2.33 bits per heavy atom. The summed E-state index contributed by atoms with van der Waals surface area (Å²) < 4.78 is 17.8. The van der Waals surface area contributed by atoms with Gasteiger partial charge in [0.1, 0.15) is 24.3 Å². The Morgan fingerprint density at radius 2 is 1.74 bits per heavy atom. The van der Waals surface area contributed by atoms with Crippen molar-refractivity contribution in [2.24, 2.45) is 11.8 Å². The van der Waals surface area contributed by atoms with Crippen LogP contribution < -0.4 is 10.2 Å². The third kappa shape index (κ3) is 4.71. The van der Waals surface area contributed by atoms with Gasteiger partial charge in [-0.3, -0.25) is 9.59 Å². The quantitative estimate of drug-likeness (QED) is 0.420. The van der Waals surface area contributed by atoms with Crippen LogP contribution in [0.15, 0.2) is 24.3 Å². The van der Waals surface area contributed by atoms with Gasteiger partial charge >= 0.3 is 0 Å². The van der Waals surface area contributed by atoms with Crippen molar-refractivity contribution in [1.82, 2.24) is 15.1 Å². The molecule has 5 rings (SSSR count). The molecule has 0 spiro atoms. The molecule has 9 heteroatoms. The average molecular weight is 539 g/mol. The predicted octanol–water partition coefficient (Wildman–Crippen LogP) is 1.97. The molecule has 4 atom stereocenters. The SMILES string of the molecule is C#CC1CN(C(=O)C(NC(=O)c2ccc(N3CCN(C)CC3)cc2)C2CCCC2)C2(C)C1OCC2(OC)OC. The highest BCUT2D eigenvalue weighted by molar-refractivity contribution is 5.98. The topological polar surface area (TPSA) is 83.6 Å². The highest BCUT2D eigenvalue weighted by Gasteiger charge is 2.70. The van der Waals surface area contributed by atoms with Gasteiger partial charge in [0.05, 0.1) is 5.92 Å². The fourth-order valence-corrected chi connectivity index (χ4v) is 7.10. The number of benzene rings is 1. The van der Waals surface area contributed by atoms with Gasteiger partial charge in [0, 0.05) is 58.2 Å². The van der Waals surface area contributed by atoms with Gasteiger partial charge in [0.15, 0.2) is 0 Å². The molecule has 2 amide bonds. The Morgan fingerprint density at radius 1 is 1.10 bits per heavy atom. The number of fused-ring (bicyclic) bond motifs is 1. The minimum Gasteiger partial charge on any atom is -0.369 e. The molecule has 4 aliphatic rings. The van der Waals surface area contributed by atoms with E-state index >= 15 is 0 Å². The van der Waals surface area contributed by atoms with Gasteiger partial charge in [0.25, 0.3) is 5.91 Å². The van der Waals surface area contributed by atoms with Gasteiger partial charge in [-0.1, -0.05) is 18.8 Å². The number of ether oxygens (including phenoxy) is 3. The number of carbonyl (C=O) groups is 2. The Hall–Kier alpha value is -2.64. The number of likely N-dealkylation sites (N-methyl/N-ethyl adjacent to an activating group) is 1. The van der Waals surface area contributed by atoms with Crippen molar-refractivity contribution in [2.75, 3.05) is 65.5 Å². The molecular formula is C30H42N4O5. The smallest absolute Gasteiger partial charge is 0.251 e. The highest BCUT2D eigenvalue weighted by Crippen LogP contribution is 2.50. The van der Waals surface area contributed by atoms with Gasteiger partial charge in [-0.15, -0.1) is 6.42 Å². The zero-order chi connectivity index (χ0) is 27.8. The van der Waals surface area contributed by atoms with Crippen molar-refractivity contribution >= 4 is 17.5 Å². The number of piperazine rings is 1. The third-order valence-corrected chi connectivity index (χ3v) is 9.64. The van der Waals surface area contributed by atoms with E-state index in [1.54, 1.807) is 19.1 Å². The molecule has 1 N–H and O–H groups in total. The summed E-state index contributed by atoms with van der Waals surface area (Å²) in [5, 5.41) is 3.13. The van der Waals surface area contributed by atoms with Crippen molar-refractivity contribution in [2.45, 2.75) is 56.1 Å². The van der Waals surface area contributed by atoms with Crippen LogP contribution in [-0.2, 0) is 19.0 Å². The lowest BCUT2D eigenvalue weighted by Gasteiger charge is -2.46. The second kappa shape index (κ2) is 11.1. The van der Waals surface area contributed by atoms with E-state index in [2.05, 4.69) is 28.1 Å². The fraction of sp³-hybridized carbons (Fsp3) is 0.667. The molecule has 0 aromatic heterocycles. The molecule has 1 aliphatic carbocycles. The molecule has 3 heterocycles. The molecular weight excluding hydrogens is 496 g/mol. The molecule has 0 radical (unpaired) electrons. The van der Waals surface area contributed by atoms with Crippen LogP contribution in [-0.4, -0.2) is 106 Å². The lowest BCUT2D eigenvalue weighted by molar-refractivity contribution is -0.252. The summed E-state index contributed by atoms with van der Waals surface area (Å²) >= 11 is 0. The summed E-state index contributed by atoms with van der Waals surface area (Å²) in [7, 11) is 5.26. The maximum atomic E-state index is 14.4. The normalized spacial score (nSPS) is 29.7. The first kappa shape index (κ1) is 27.9. The highest BCUT2D eigenvalue weighted by atomic mass is 16.7. The Bertz CT molecular complexity index is 1090. The molecule has 0 bridgehead atoms. The molecule has 4 unspecified atom stereocenters. The van der Waals surface area contributed by atoms with E-state index in [0.29, 0.717) is 12.1 Å². The molecule has 1 aromatic carbocycles. The van der Waals surface area contributed by atoms with E-state index < -0.39 is 23.5 Å². The van der Waals surface area contributed by atoms with Crippen molar-refractivity contribution in [3.8, 4) is 12.3 Å². The van der Waals surface area contributed by atoms with Crippen LogP contribution in [0, 0.1) is 24.2 Å². The van der Waals surface area contributed by atoms with Crippen LogP contribution in [0.1, 0.15) is 43.0 Å². The van der Waals surface area contributed by atoms with Crippen LogP contribution in [0.3, 0.4) is 0 Å². The van der Waals surface area contributed by atoms with E-state index in [1.807, 2.05) is 31.2 Å². The second-order valence-corrected chi connectivity index (χ2v) is 11.6. The van der Waals surface area contributed by atoms with Crippen LogP contribution in [0.5, 0.6) is 0 Å². The summed E-state index contributed by atoms with van der Waals surface area (Å²) in [6.45, 7) is 6.38. The number of hydrogen-bond donors (Lipinski definition) is 1. The molecule has 9 nitrogen and oxygen atoms in total. The number of likely N-dealkylation sites (tertiary alicyclic amines) is 1. The number of amides is 2. The molecule has 3 saturated heterocycles. The van der Waals surface area contributed by atoms with Gasteiger partial charge in [-0.25, -0.2) is 0 Å². The fourth-order valence-electron chi connectivity index (χ4n) is 7.10. The number of hydrogen-bond acceptors (Lipinski definition) is 7. The molecule has 212 valence electrons. The van der Waals surface area contributed by atoms with Crippen molar-refractivity contribution in [3.63, 3.8) is 0 Å². The lowest BCUT2D eigenvalue weighted by atomic mass is 9.84. The van der Waals surface area contributed by atoms with Crippen molar-refractivity contribution in [3.05, 3.63) is 29.8 Å². The van der Waals surface area contributed by atoms with Crippen molar-refractivity contribution in [1.29, 1.82) is 0 Å². The summed E-state index contributed by atoms with van der Waals surface area (Å²) in [5.41, 5.74) is 0.718. The summed E-state index contributed by atoms with van der Waals surface area (Å²) in [6, 6.07) is 7.03. The van der Waals surface area contributed by atoms with E-state index in [4.69, 9.17) is 20.6 Å². The van der Waals surface area contributed by atoms with E-state index in [-0.39, 0.29) is 30.3 Å². The van der Waals surface area contributed by atoms with E-state index in [1.165, 1.54) is 0 Å². The van der Waals surface area contributed by atoms with Crippen LogP contribution in [0.4, 0.5) is 5.69 Å². The van der Waals surface area contributed by atoms with Crippen LogP contribution in [0.2, 0.25) is 0 Å². The molecule has 3 aliphatic heterocycles. The Kier molecular flexibility index (Phi) is 7.93. The zero-order valence-corrected chi connectivity index (χ0v) is 23.7. The number of nitrogens with zero attached hydrogens (tertiary/aromatic N) is 3. The first-order valence-corrected chi connectivity index (χ1v) is 14.1. The zero-order valence-electron chi connectivity index (χ0n) is 23.7. The van der Waals surface area contributed by atoms with Gasteiger partial charge in [-0.2, -0.15) is 0 Å². The van der Waals surface area contributed by atoms with Crippen molar-refractivity contribution < 1.29 is 23.8 Å². The second-order valence-electron chi connectivity index (χ2n) is 11.6. The first-order chi connectivity index (χ1) is 18.8. The minimum atomic E-state index is -1.15. The van der Waals surface area contributed by atoms with Gasteiger partial charge in [-0.05, 0) is 57.0 Å². The predicted molar refractivity (Wildman–Crippen MR) is 148 cm³/mol. The number of methoxy groups -OCH3 is 2. The number of nitrogens with one attached hydrogen (secondary N) is 1. The maximum absolute atomic E-state index is 14.4. The summed E-state index contributed by atoms with van der Waals surface area (Å²) in [6.07, 6.45) is 9.33. The average Bonchev–Trinajstić information content (AvgIpc) is 3.66. The Balaban J connectivity index is 1.38. The lowest BCUT2D eigenvalue weighted by Crippen LogP contribution is -2.67. The Labute approximate surface area is 232 Å². The number of rotatable bonds is 7. The maximum Gasteiger partial charge on any atom is 0.251 e. The first-order valence-electron chi connectivity index (χ1n) is 14.1. The van der Waals surface area contributed by atoms with Gasteiger partial charge in [0.2, 0.25) is 11.7 Å². The number of carbonyl (C=O) groups excluding carboxylic acids is 2. The third-order valence-electron chi connectivity index (χ3n) is 9.64. The minimum absolute atomic E-state index is 0.0554. The standard InChI is InChI=1S/C30H42N4O5/c1-6-21-19-34(29(2)26(21)39-20-30(29,37-4)38-5)28(36)25(22-9-7-8-10-22)31-27(35)23-11-13-24(14-12-23)33-17-15-32(3)16-18-33/h1,11-14,21-22,25-26H,7-10,15-20H2,2-5H3,(H,31,35). The van der Waals surface area contributed by atoms with E-state index in [9.17, 15) is 9.59 Å². The van der Waals surface area contributed by atoms with E-state index in [0.717, 1.165) is 57.5 Å². The van der Waals surface area contributed by atoms with Crippen LogP contribution >= 0.6 is 0 Å². The molecule has 4 fully saturated rings.